The van der Waals surface area contributed by atoms with Crippen LogP contribution in [0.4, 0.5) is 0 Å². The van der Waals surface area contributed by atoms with Gasteiger partial charge in [0.2, 0.25) is 0 Å². The van der Waals surface area contributed by atoms with E-state index in [2.05, 4.69) is 0 Å². The van der Waals surface area contributed by atoms with Gasteiger partial charge >= 0.3 is 5.63 Å². The highest BCUT2D eigenvalue weighted by atomic mass is 16.5. The molecule has 2 N–H and O–H groups in total. The molecule has 20 heavy (non-hydrogen) atoms. The molecule has 0 bridgehead atoms. The lowest BCUT2D eigenvalue weighted by atomic mass is 9.98. The third-order valence-corrected chi connectivity index (χ3v) is 3.35. The van der Waals surface area contributed by atoms with Crippen LogP contribution in [-0.4, -0.2) is 23.4 Å². The van der Waals surface area contributed by atoms with E-state index in [9.17, 15) is 9.90 Å². The molecule has 1 heterocycles. The Labute approximate surface area is 116 Å². The van der Waals surface area contributed by atoms with Crippen LogP contribution >= 0.6 is 0 Å². The largest absolute Gasteiger partial charge is 0.507 e. The maximum Gasteiger partial charge on any atom is 0.343 e. The standard InChI is InChI=1S/C15H18O5/c1-3-9(2)13-14(17)11-8-10(19-7-6-16)4-5-12(11)20-15(13)18/h4-5,8-9,16-17H,3,6-7H2,1-2H3. The Balaban J connectivity index is 2.58. The molecule has 1 unspecified atom stereocenters. The van der Waals surface area contributed by atoms with Crippen molar-refractivity contribution in [3.05, 3.63) is 34.2 Å². The molecule has 108 valence electrons. The van der Waals surface area contributed by atoms with Crippen molar-refractivity contribution in [2.75, 3.05) is 13.2 Å². The fourth-order valence-electron chi connectivity index (χ4n) is 2.07. The molecule has 0 radical (unpaired) electrons. The summed E-state index contributed by atoms with van der Waals surface area (Å²) in [6, 6.07) is 4.81. The van der Waals surface area contributed by atoms with Gasteiger partial charge in [-0.25, -0.2) is 4.79 Å². The van der Waals surface area contributed by atoms with Crippen molar-refractivity contribution >= 4 is 11.0 Å². The summed E-state index contributed by atoms with van der Waals surface area (Å²) in [6.45, 7) is 3.88. The Hall–Kier alpha value is -2.01. The monoisotopic (exact) mass is 278 g/mol. The third-order valence-electron chi connectivity index (χ3n) is 3.35. The summed E-state index contributed by atoms with van der Waals surface area (Å²) in [7, 11) is 0. The molecule has 2 rings (SSSR count). The smallest absolute Gasteiger partial charge is 0.343 e. The molecule has 0 saturated heterocycles. The lowest BCUT2D eigenvalue weighted by molar-refractivity contribution is 0.201. The van der Waals surface area contributed by atoms with Crippen LogP contribution in [-0.2, 0) is 0 Å². The zero-order valence-electron chi connectivity index (χ0n) is 11.5. The quantitative estimate of drug-likeness (QED) is 0.821. The van der Waals surface area contributed by atoms with Gasteiger partial charge in [-0.2, -0.15) is 0 Å². The van der Waals surface area contributed by atoms with Crippen LogP contribution in [0.15, 0.2) is 27.4 Å². The van der Waals surface area contributed by atoms with Crippen molar-refractivity contribution in [3.63, 3.8) is 0 Å². The van der Waals surface area contributed by atoms with Gasteiger partial charge in [0.1, 0.15) is 23.7 Å². The number of hydrogen-bond donors (Lipinski definition) is 2. The zero-order chi connectivity index (χ0) is 14.7. The topological polar surface area (TPSA) is 79.9 Å². The molecule has 0 aliphatic rings. The molecular formula is C15H18O5. The van der Waals surface area contributed by atoms with E-state index in [1.807, 2.05) is 13.8 Å². The third kappa shape index (κ3) is 2.63. The summed E-state index contributed by atoms with van der Waals surface area (Å²) >= 11 is 0. The lowest BCUT2D eigenvalue weighted by Crippen LogP contribution is -2.10. The lowest BCUT2D eigenvalue weighted by Gasteiger charge is -2.12. The van der Waals surface area contributed by atoms with E-state index < -0.39 is 5.63 Å². The van der Waals surface area contributed by atoms with Gasteiger partial charge in [-0.3, -0.25) is 0 Å². The highest BCUT2D eigenvalue weighted by molar-refractivity contribution is 5.85. The molecule has 1 aromatic carbocycles. The Morgan fingerprint density at radius 2 is 2.15 bits per heavy atom. The summed E-state index contributed by atoms with van der Waals surface area (Å²) in [4.78, 5) is 11.9. The SMILES string of the molecule is CCC(C)c1c(O)c2cc(OCCO)ccc2oc1=O. The minimum atomic E-state index is -0.506. The number of aliphatic hydroxyl groups excluding tert-OH is 1. The number of aromatic hydroxyl groups is 1. The van der Waals surface area contributed by atoms with Gasteiger partial charge in [-0.15, -0.1) is 0 Å². The molecule has 0 fully saturated rings. The molecule has 1 atom stereocenters. The molecule has 5 nitrogen and oxygen atoms in total. The van der Waals surface area contributed by atoms with Gasteiger partial charge in [0.15, 0.2) is 0 Å². The van der Waals surface area contributed by atoms with Crippen molar-refractivity contribution in [1.82, 2.24) is 0 Å². The van der Waals surface area contributed by atoms with E-state index in [4.69, 9.17) is 14.3 Å². The number of benzene rings is 1. The summed E-state index contributed by atoms with van der Waals surface area (Å²) in [5, 5.41) is 19.5. The van der Waals surface area contributed by atoms with Crippen LogP contribution in [0.2, 0.25) is 0 Å². The van der Waals surface area contributed by atoms with Crippen molar-refractivity contribution in [2.45, 2.75) is 26.2 Å². The maximum absolute atomic E-state index is 11.9. The van der Waals surface area contributed by atoms with Crippen LogP contribution in [0, 0.1) is 0 Å². The predicted molar refractivity (Wildman–Crippen MR) is 75.4 cm³/mol. The molecule has 1 aromatic heterocycles. The van der Waals surface area contributed by atoms with Crippen molar-refractivity contribution in [1.29, 1.82) is 0 Å². The summed E-state index contributed by atoms with van der Waals surface area (Å²) < 4.78 is 10.5. The average molecular weight is 278 g/mol. The number of rotatable bonds is 5. The van der Waals surface area contributed by atoms with Gasteiger partial charge in [0, 0.05) is 0 Å². The van der Waals surface area contributed by atoms with Crippen molar-refractivity contribution < 1.29 is 19.4 Å². The minimum absolute atomic E-state index is 0.0555. The fraction of sp³-hybridized carbons (Fsp3) is 0.400. The number of aliphatic hydroxyl groups is 1. The first-order chi connectivity index (χ1) is 9.58. The molecule has 5 heteroatoms. The Morgan fingerprint density at radius 1 is 1.40 bits per heavy atom. The average Bonchev–Trinajstić information content (AvgIpc) is 2.45. The van der Waals surface area contributed by atoms with E-state index in [1.54, 1.807) is 18.2 Å². The second-order valence-corrected chi connectivity index (χ2v) is 4.69. The molecule has 2 aromatic rings. The number of hydrogen-bond acceptors (Lipinski definition) is 5. The first-order valence-electron chi connectivity index (χ1n) is 6.61. The molecule has 0 spiro atoms. The van der Waals surface area contributed by atoms with E-state index in [1.165, 1.54) is 0 Å². The maximum atomic E-state index is 11.9. The summed E-state index contributed by atoms with van der Waals surface area (Å²) in [5.74, 6) is 0.364. The van der Waals surface area contributed by atoms with Crippen LogP contribution < -0.4 is 10.4 Å². The van der Waals surface area contributed by atoms with Gasteiger partial charge in [0.05, 0.1) is 17.6 Å². The van der Waals surface area contributed by atoms with E-state index in [-0.39, 0.29) is 24.9 Å². The van der Waals surface area contributed by atoms with Crippen LogP contribution in [0.1, 0.15) is 31.7 Å². The fourth-order valence-corrected chi connectivity index (χ4v) is 2.07. The zero-order valence-corrected chi connectivity index (χ0v) is 11.5. The van der Waals surface area contributed by atoms with Gasteiger partial charge < -0.3 is 19.4 Å². The van der Waals surface area contributed by atoms with Crippen LogP contribution in [0.3, 0.4) is 0 Å². The second-order valence-electron chi connectivity index (χ2n) is 4.69. The first kappa shape index (κ1) is 14.4. The Bertz CT molecular complexity index is 659. The molecular weight excluding hydrogens is 260 g/mol. The van der Waals surface area contributed by atoms with Gasteiger partial charge in [-0.1, -0.05) is 13.8 Å². The van der Waals surface area contributed by atoms with Gasteiger partial charge in [0.25, 0.3) is 0 Å². The van der Waals surface area contributed by atoms with E-state index in [0.717, 1.165) is 6.42 Å². The Kier molecular flexibility index (Phi) is 4.29. The van der Waals surface area contributed by atoms with Crippen LogP contribution in [0.5, 0.6) is 11.5 Å². The normalized spacial score (nSPS) is 12.6. The molecule has 0 amide bonds. The molecule has 0 aliphatic heterocycles. The Morgan fingerprint density at radius 3 is 2.80 bits per heavy atom. The summed E-state index contributed by atoms with van der Waals surface area (Å²) in [6.07, 6.45) is 0.727. The van der Waals surface area contributed by atoms with Crippen molar-refractivity contribution in [3.8, 4) is 11.5 Å². The minimum Gasteiger partial charge on any atom is -0.507 e. The van der Waals surface area contributed by atoms with E-state index in [0.29, 0.717) is 22.3 Å². The molecule has 0 aliphatic carbocycles. The predicted octanol–water partition coefficient (Wildman–Crippen LogP) is 2.38. The van der Waals surface area contributed by atoms with E-state index >= 15 is 0 Å². The van der Waals surface area contributed by atoms with Crippen LogP contribution in [0.25, 0.3) is 11.0 Å². The van der Waals surface area contributed by atoms with Crippen molar-refractivity contribution in [2.24, 2.45) is 0 Å². The first-order valence-corrected chi connectivity index (χ1v) is 6.61. The molecule has 0 saturated carbocycles. The number of fused-ring (bicyclic) bond motifs is 1. The second kappa shape index (κ2) is 5.96. The highest BCUT2D eigenvalue weighted by Gasteiger charge is 2.18. The number of ether oxygens (including phenoxy) is 1. The highest BCUT2D eigenvalue weighted by Crippen LogP contribution is 2.33. The summed E-state index contributed by atoms with van der Waals surface area (Å²) in [5.41, 5.74) is 0.101. The van der Waals surface area contributed by atoms with Gasteiger partial charge in [-0.05, 0) is 30.5 Å².